The van der Waals surface area contributed by atoms with Crippen LogP contribution in [0.5, 0.6) is 0 Å². The molecule has 0 aromatic heterocycles. The fraction of sp³-hybridized carbons (Fsp3) is 0.364. The van der Waals surface area contributed by atoms with Crippen molar-refractivity contribution in [3.05, 3.63) is 29.0 Å². The van der Waals surface area contributed by atoms with Crippen molar-refractivity contribution in [2.24, 2.45) is 5.73 Å². The average Bonchev–Trinajstić information content (AvgIpc) is 2.47. The quantitative estimate of drug-likeness (QED) is 0.818. The van der Waals surface area contributed by atoms with Gasteiger partial charge in [0, 0.05) is 24.2 Å². The molecule has 1 fully saturated rings. The van der Waals surface area contributed by atoms with E-state index in [9.17, 15) is 9.18 Å². The molecule has 1 heterocycles. The predicted octanol–water partition coefficient (Wildman–Crippen LogP) is 1.93. The van der Waals surface area contributed by atoms with Crippen molar-refractivity contribution in [3.8, 4) is 0 Å². The van der Waals surface area contributed by atoms with Gasteiger partial charge in [-0.1, -0.05) is 11.6 Å². The number of carbonyl (C=O) groups excluding carboxylic acids is 1. The molecule has 3 nitrogen and oxygen atoms in total. The van der Waals surface area contributed by atoms with Crippen molar-refractivity contribution >= 4 is 23.2 Å². The minimum Gasteiger partial charge on any atom is -0.325 e. The average molecular weight is 243 g/mol. The summed E-state index contributed by atoms with van der Waals surface area (Å²) in [6.07, 6.45) is 0.316. The molecule has 5 heteroatoms. The zero-order valence-corrected chi connectivity index (χ0v) is 9.54. The van der Waals surface area contributed by atoms with Crippen LogP contribution in [0, 0.1) is 5.82 Å². The third-order valence-corrected chi connectivity index (χ3v) is 3.18. The van der Waals surface area contributed by atoms with Crippen LogP contribution in [0.25, 0.3) is 0 Å². The van der Waals surface area contributed by atoms with E-state index in [1.807, 2.05) is 6.92 Å². The fourth-order valence-electron chi connectivity index (χ4n) is 1.90. The first-order valence-electron chi connectivity index (χ1n) is 5.03. The van der Waals surface area contributed by atoms with Crippen LogP contribution in [0.15, 0.2) is 18.2 Å². The fourth-order valence-corrected chi connectivity index (χ4v) is 2.08. The van der Waals surface area contributed by atoms with Crippen molar-refractivity contribution < 1.29 is 9.18 Å². The second kappa shape index (κ2) is 4.03. The Labute approximate surface area is 98.0 Å². The number of nitrogens with two attached hydrogens (primary N) is 1. The van der Waals surface area contributed by atoms with E-state index in [-0.39, 0.29) is 23.0 Å². The van der Waals surface area contributed by atoms with Gasteiger partial charge in [0.2, 0.25) is 5.91 Å². The van der Waals surface area contributed by atoms with Crippen LogP contribution in [0.4, 0.5) is 10.1 Å². The first kappa shape index (κ1) is 11.4. The molecule has 1 aliphatic rings. The molecule has 2 atom stereocenters. The number of nitrogens with zero attached hydrogens (tertiary/aromatic N) is 1. The van der Waals surface area contributed by atoms with Gasteiger partial charge in [0.1, 0.15) is 5.82 Å². The Morgan fingerprint density at radius 3 is 2.75 bits per heavy atom. The molecule has 0 saturated carbocycles. The highest BCUT2D eigenvalue weighted by molar-refractivity contribution is 6.31. The van der Waals surface area contributed by atoms with E-state index in [0.717, 1.165) is 0 Å². The van der Waals surface area contributed by atoms with Gasteiger partial charge < -0.3 is 10.6 Å². The zero-order chi connectivity index (χ0) is 11.9. The second-order valence-corrected chi connectivity index (χ2v) is 4.38. The minimum atomic E-state index is -0.492. The van der Waals surface area contributed by atoms with Crippen molar-refractivity contribution in [1.29, 1.82) is 0 Å². The molecule has 0 aliphatic carbocycles. The van der Waals surface area contributed by atoms with Crippen LogP contribution in [-0.4, -0.2) is 18.0 Å². The van der Waals surface area contributed by atoms with Crippen molar-refractivity contribution in [3.63, 3.8) is 0 Å². The Balaban J connectivity index is 2.37. The molecule has 2 N–H and O–H groups in total. The SMILES string of the molecule is CC1C(N)CC(=O)N1c1ccc(F)c(Cl)c1. The van der Waals surface area contributed by atoms with E-state index in [1.165, 1.54) is 18.2 Å². The summed E-state index contributed by atoms with van der Waals surface area (Å²) in [5.74, 6) is -0.545. The molecule has 1 aromatic rings. The van der Waals surface area contributed by atoms with Crippen molar-refractivity contribution in [2.45, 2.75) is 25.4 Å². The van der Waals surface area contributed by atoms with Crippen LogP contribution in [-0.2, 0) is 4.79 Å². The molecule has 1 amide bonds. The molecular weight excluding hydrogens is 231 g/mol. The van der Waals surface area contributed by atoms with Crippen LogP contribution in [0.2, 0.25) is 5.02 Å². The summed E-state index contributed by atoms with van der Waals surface area (Å²) >= 11 is 5.68. The van der Waals surface area contributed by atoms with Gasteiger partial charge in [-0.2, -0.15) is 0 Å². The number of hydrogen-bond donors (Lipinski definition) is 1. The Morgan fingerprint density at radius 1 is 1.56 bits per heavy atom. The van der Waals surface area contributed by atoms with Gasteiger partial charge in [-0.25, -0.2) is 4.39 Å². The molecule has 0 bridgehead atoms. The number of hydrogen-bond acceptors (Lipinski definition) is 2. The summed E-state index contributed by atoms with van der Waals surface area (Å²) in [5.41, 5.74) is 6.39. The lowest BCUT2D eigenvalue weighted by Crippen LogP contribution is -2.37. The van der Waals surface area contributed by atoms with Crippen LogP contribution >= 0.6 is 11.6 Å². The summed E-state index contributed by atoms with van der Waals surface area (Å²) < 4.78 is 13.0. The molecule has 1 aliphatic heterocycles. The standard InChI is InChI=1S/C11H12ClFN2O/c1-6-10(14)5-11(16)15(6)7-2-3-9(13)8(12)4-7/h2-4,6,10H,5,14H2,1H3. The number of benzene rings is 1. The largest absolute Gasteiger partial charge is 0.325 e. The highest BCUT2D eigenvalue weighted by Gasteiger charge is 2.35. The molecule has 86 valence electrons. The Morgan fingerprint density at radius 2 is 2.25 bits per heavy atom. The van der Waals surface area contributed by atoms with Crippen molar-refractivity contribution in [1.82, 2.24) is 0 Å². The van der Waals surface area contributed by atoms with E-state index >= 15 is 0 Å². The summed E-state index contributed by atoms with van der Waals surface area (Å²) in [6.45, 7) is 1.87. The van der Waals surface area contributed by atoms with E-state index < -0.39 is 5.82 Å². The Kier molecular flexibility index (Phi) is 2.86. The molecule has 0 spiro atoms. The summed E-state index contributed by atoms with van der Waals surface area (Å²) in [6, 6.07) is 3.96. The minimum absolute atomic E-state index is 0.0120. The van der Waals surface area contributed by atoms with E-state index in [2.05, 4.69) is 0 Å². The lowest BCUT2D eigenvalue weighted by Gasteiger charge is -2.23. The Hall–Kier alpha value is -1.13. The van der Waals surface area contributed by atoms with E-state index in [4.69, 9.17) is 17.3 Å². The maximum atomic E-state index is 13.0. The molecular formula is C11H12ClFN2O. The lowest BCUT2D eigenvalue weighted by molar-refractivity contribution is -0.117. The normalized spacial score (nSPS) is 25.2. The summed E-state index contributed by atoms with van der Waals surface area (Å²) in [4.78, 5) is 13.3. The third kappa shape index (κ3) is 1.79. The number of halogens is 2. The molecule has 1 aromatic carbocycles. The lowest BCUT2D eigenvalue weighted by atomic mass is 10.1. The maximum Gasteiger partial charge on any atom is 0.228 e. The van der Waals surface area contributed by atoms with Gasteiger partial charge in [-0.05, 0) is 25.1 Å². The molecule has 2 rings (SSSR count). The van der Waals surface area contributed by atoms with Crippen LogP contribution in [0.3, 0.4) is 0 Å². The van der Waals surface area contributed by atoms with Gasteiger partial charge in [0.15, 0.2) is 0 Å². The maximum absolute atomic E-state index is 13.0. The van der Waals surface area contributed by atoms with Gasteiger partial charge in [0.05, 0.1) is 5.02 Å². The van der Waals surface area contributed by atoms with Gasteiger partial charge in [0.25, 0.3) is 0 Å². The van der Waals surface area contributed by atoms with Gasteiger partial charge in [-0.15, -0.1) is 0 Å². The summed E-state index contributed by atoms with van der Waals surface area (Å²) in [7, 11) is 0. The van der Waals surface area contributed by atoms with Crippen LogP contribution < -0.4 is 10.6 Å². The number of amides is 1. The summed E-state index contributed by atoms with van der Waals surface area (Å²) in [5, 5.41) is 0.0120. The molecule has 1 saturated heterocycles. The number of anilines is 1. The monoisotopic (exact) mass is 242 g/mol. The Bertz CT molecular complexity index is 438. The molecule has 16 heavy (non-hydrogen) atoms. The van der Waals surface area contributed by atoms with Crippen LogP contribution in [0.1, 0.15) is 13.3 Å². The first-order chi connectivity index (χ1) is 7.50. The first-order valence-corrected chi connectivity index (χ1v) is 5.41. The molecule has 0 radical (unpaired) electrons. The highest BCUT2D eigenvalue weighted by atomic mass is 35.5. The van der Waals surface area contributed by atoms with E-state index in [1.54, 1.807) is 4.90 Å². The second-order valence-electron chi connectivity index (χ2n) is 3.97. The van der Waals surface area contributed by atoms with Gasteiger partial charge in [-0.3, -0.25) is 4.79 Å². The molecule has 2 unspecified atom stereocenters. The zero-order valence-electron chi connectivity index (χ0n) is 8.78. The topological polar surface area (TPSA) is 46.3 Å². The third-order valence-electron chi connectivity index (χ3n) is 2.89. The van der Waals surface area contributed by atoms with E-state index in [0.29, 0.717) is 12.1 Å². The number of rotatable bonds is 1. The predicted molar refractivity (Wildman–Crippen MR) is 61.0 cm³/mol. The smallest absolute Gasteiger partial charge is 0.228 e. The van der Waals surface area contributed by atoms with Gasteiger partial charge >= 0.3 is 0 Å². The highest BCUT2D eigenvalue weighted by Crippen LogP contribution is 2.29. The number of carbonyl (C=O) groups is 1. The van der Waals surface area contributed by atoms with Crippen molar-refractivity contribution in [2.75, 3.05) is 4.90 Å².